The summed E-state index contributed by atoms with van der Waals surface area (Å²) in [6, 6.07) is 15.1. The van der Waals surface area contributed by atoms with Crippen molar-refractivity contribution in [2.45, 2.75) is 30.8 Å². The van der Waals surface area contributed by atoms with Gasteiger partial charge in [-0.15, -0.1) is 0 Å². The van der Waals surface area contributed by atoms with Crippen molar-refractivity contribution in [2.75, 3.05) is 13.7 Å². The lowest BCUT2D eigenvalue weighted by atomic mass is 9.95. The van der Waals surface area contributed by atoms with Crippen molar-refractivity contribution in [1.29, 1.82) is 5.26 Å². The van der Waals surface area contributed by atoms with Gasteiger partial charge < -0.3 is 10.4 Å². The largest absolute Gasteiger partial charge is 0.416 e. The van der Waals surface area contributed by atoms with Crippen LogP contribution in [0.5, 0.6) is 0 Å². The lowest BCUT2D eigenvalue weighted by Crippen LogP contribution is -2.32. The van der Waals surface area contributed by atoms with E-state index in [0.29, 0.717) is 17.3 Å². The number of nitrogens with one attached hydrogen (secondary N) is 1. The van der Waals surface area contributed by atoms with Crippen LogP contribution < -0.4 is 5.32 Å². The Morgan fingerprint density at radius 3 is 2.45 bits per heavy atom. The molecule has 154 valence electrons. The predicted octanol–water partition coefficient (Wildman–Crippen LogP) is 4.68. The molecule has 0 aliphatic carbocycles. The summed E-state index contributed by atoms with van der Waals surface area (Å²) in [5.41, 5.74) is 1.23. The van der Waals surface area contributed by atoms with Gasteiger partial charge in [-0.3, -0.25) is 4.99 Å². The minimum atomic E-state index is -4.38. The van der Waals surface area contributed by atoms with E-state index in [0.717, 1.165) is 25.2 Å². The van der Waals surface area contributed by atoms with Crippen LogP contribution in [0.3, 0.4) is 0 Å². The first-order chi connectivity index (χ1) is 13.8. The van der Waals surface area contributed by atoms with Crippen LogP contribution in [0.2, 0.25) is 0 Å². The number of nitriles is 1. The van der Waals surface area contributed by atoms with Crippen LogP contribution in [0.1, 0.15) is 35.6 Å². The fraction of sp³-hybridized carbons (Fsp3) is 0.333. The SMILES string of the molecule is CC1(c2ccc(C#N)cc2)CCN=C(NCc2ccccc2C(F)(F)F)S1.CO. The molecule has 29 heavy (non-hydrogen) atoms. The molecule has 0 aromatic heterocycles. The molecule has 4 nitrogen and oxygen atoms in total. The number of aliphatic hydroxyl groups excluding tert-OH is 1. The van der Waals surface area contributed by atoms with Crippen LogP contribution in [-0.2, 0) is 17.5 Å². The second-order valence-corrected chi connectivity index (χ2v) is 7.96. The third-order valence-electron chi connectivity index (χ3n) is 4.54. The van der Waals surface area contributed by atoms with Crippen LogP contribution in [0, 0.1) is 11.3 Å². The molecule has 3 rings (SSSR count). The zero-order valence-corrected chi connectivity index (χ0v) is 16.9. The number of hydrogen-bond donors (Lipinski definition) is 2. The van der Waals surface area contributed by atoms with Crippen LogP contribution in [0.4, 0.5) is 13.2 Å². The third kappa shape index (κ3) is 5.75. The lowest BCUT2D eigenvalue weighted by molar-refractivity contribution is -0.138. The number of rotatable bonds is 3. The van der Waals surface area contributed by atoms with Gasteiger partial charge in [-0.2, -0.15) is 18.4 Å². The van der Waals surface area contributed by atoms with E-state index in [-0.39, 0.29) is 16.9 Å². The second kappa shape index (κ2) is 9.81. The summed E-state index contributed by atoms with van der Waals surface area (Å²) >= 11 is 1.51. The van der Waals surface area contributed by atoms with E-state index in [4.69, 9.17) is 10.4 Å². The molecule has 1 unspecified atom stereocenters. The smallest absolute Gasteiger partial charge is 0.400 e. The summed E-state index contributed by atoms with van der Waals surface area (Å²) in [6.45, 7) is 2.73. The summed E-state index contributed by atoms with van der Waals surface area (Å²) in [6.07, 6.45) is -3.56. The Bertz CT molecular complexity index is 891. The molecule has 8 heteroatoms. The molecule has 1 aliphatic rings. The van der Waals surface area contributed by atoms with Crippen molar-refractivity contribution in [2.24, 2.45) is 4.99 Å². The van der Waals surface area contributed by atoms with Gasteiger partial charge in [-0.05, 0) is 42.7 Å². The van der Waals surface area contributed by atoms with E-state index >= 15 is 0 Å². The Morgan fingerprint density at radius 1 is 1.17 bits per heavy atom. The maximum Gasteiger partial charge on any atom is 0.416 e. The van der Waals surface area contributed by atoms with Gasteiger partial charge >= 0.3 is 6.18 Å². The highest BCUT2D eigenvalue weighted by Gasteiger charge is 2.34. The van der Waals surface area contributed by atoms with Crippen LogP contribution >= 0.6 is 11.8 Å². The minimum Gasteiger partial charge on any atom is -0.400 e. The van der Waals surface area contributed by atoms with Crippen molar-refractivity contribution >= 4 is 16.9 Å². The topological polar surface area (TPSA) is 68.4 Å². The zero-order chi connectivity index (χ0) is 21.5. The summed E-state index contributed by atoms with van der Waals surface area (Å²) in [4.78, 5) is 4.43. The van der Waals surface area contributed by atoms with E-state index < -0.39 is 11.7 Å². The number of halogens is 3. The predicted molar refractivity (Wildman–Crippen MR) is 109 cm³/mol. The number of amidine groups is 1. The fourth-order valence-corrected chi connectivity index (χ4v) is 4.16. The first-order valence-corrected chi connectivity index (χ1v) is 9.71. The highest BCUT2D eigenvalue weighted by atomic mass is 32.2. The molecule has 2 aromatic carbocycles. The van der Waals surface area contributed by atoms with Crippen LogP contribution in [0.15, 0.2) is 53.5 Å². The van der Waals surface area contributed by atoms with Crippen molar-refractivity contribution in [3.05, 3.63) is 70.8 Å². The van der Waals surface area contributed by atoms with E-state index in [1.807, 2.05) is 12.1 Å². The molecular formula is C21H22F3N3OS. The summed E-state index contributed by atoms with van der Waals surface area (Å²) in [5.74, 6) is 0. The second-order valence-electron chi connectivity index (χ2n) is 6.47. The van der Waals surface area contributed by atoms with Gasteiger partial charge in [-0.1, -0.05) is 42.1 Å². The number of nitrogens with zero attached hydrogens (tertiary/aromatic N) is 2. The first kappa shape index (κ1) is 22.8. The summed E-state index contributed by atoms with van der Waals surface area (Å²) in [5, 5.41) is 19.6. The molecule has 0 saturated carbocycles. The number of benzene rings is 2. The van der Waals surface area contributed by atoms with Crippen molar-refractivity contribution in [1.82, 2.24) is 5.32 Å². The Balaban J connectivity index is 0.00000145. The maximum absolute atomic E-state index is 13.1. The highest BCUT2D eigenvalue weighted by molar-refractivity contribution is 8.14. The normalized spacial score (nSPS) is 18.7. The number of thioether (sulfide) groups is 1. The average molecular weight is 421 g/mol. The standard InChI is InChI=1S/C20H18F3N3S.CH4O/c1-19(16-8-6-14(12-24)7-9-16)10-11-25-18(27-19)26-13-15-4-2-3-5-17(15)20(21,22)23;1-2/h2-9H,10-11,13H2,1H3,(H,25,26);2H,1H3. The van der Waals surface area contributed by atoms with Gasteiger partial charge in [0.25, 0.3) is 0 Å². The number of hydrogen-bond acceptors (Lipinski definition) is 5. The molecule has 2 aromatic rings. The molecule has 0 saturated heterocycles. The zero-order valence-electron chi connectivity index (χ0n) is 16.1. The molecule has 0 radical (unpaired) electrons. The van der Waals surface area contributed by atoms with Gasteiger partial charge in [0.2, 0.25) is 0 Å². The van der Waals surface area contributed by atoms with E-state index in [9.17, 15) is 13.2 Å². The molecular weight excluding hydrogens is 399 g/mol. The third-order valence-corrected chi connectivity index (χ3v) is 5.90. The highest BCUT2D eigenvalue weighted by Crippen LogP contribution is 2.42. The molecule has 1 atom stereocenters. The molecule has 0 spiro atoms. The number of aliphatic imine (C=N–C) groups is 1. The van der Waals surface area contributed by atoms with Gasteiger partial charge in [-0.25, -0.2) is 0 Å². The Morgan fingerprint density at radius 2 is 1.83 bits per heavy atom. The Labute approximate surface area is 172 Å². The van der Waals surface area contributed by atoms with Crippen LogP contribution in [-0.4, -0.2) is 23.9 Å². The molecule has 0 bridgehead atoms. The van der Waals surface area contributed by atoms with E-state index in [2.05, 4.69) is 23.3 Å². The lowest BCUT2D eigenvalue weighted by Gasteiger charge is -2.33. The fourth-order valence-electron chi connectivity index (χ4n) is 2.98. The molecule has 1 heterocycles. The van der Waals surface area contributed by atoms with Crippen LogP contribution in [0.25, 0.3) is 0 Å². The van der Waals surface area contributed by atoms with Crippen molar-refractivity contribution in [3.63, 3.8) is 0 Å². The maximum atomic E-state index is 13.1. The summed E-state index contributed by atoms with van der Waals surface area (Å²) in [7, 11) is 1.00. The number of aliphatic hydroxyl groups is 1. The van der Waals surface area contributed by atoms with Crippen molar-refractivity contribution < 1.29 is 18.3 Å². The Kier molecular flexibility index (Phi) is 7.71. The molecule has 0 fully saturated rings. The van der Waals surface area contributed by atoms with Gasteiger partial charge in [0.1, 0.15) is 0 Å². The average Bonchev–Trinajstić information content (AvgIpc) is 2.73. The number of alkyl halides is 3. The van der Waals surface area contributed by atoms with Gasteiger partial charge in [0, 0.05) is 24.9 Å². The Hall–Kier alpha value is -2.50. The van der Waals surface area contributed by atoms with E-state index in [1.165, 1.54) is 23.9 Å². The first-order valence-electron chi connectivity index (χ1n) is 8.90. The monoisotopic (exact) mass is 421 g/mol. The van der Waals surface area contributed by atoms with E-state index in [1.54, 1.807) is 18.2 Å². The molecule has 2 N–H and O–H groups in total. The minimum absolute atomic E-state index is 0.0605. The van der Waals surface area contributed by atoms with Crippen molar-refractivity contribution in [3.8, 4) is 6.07 Å². The van der Waals surface area contributed by atoms with Gasteiger partial charge in [0.05, 0.1) is 17.2 Å². The summed E-state index contributed by atoms with van der Waals surface area (Å²) < 4.78 is 39.2. The molecule has 1 aliphatic heterocycles. The molecule has 0 amide bonds. The quantitative estimate of drug-likeness (QED) is 0.755. The van der Waals surface area contributed by atoms with Gasteiger partial charge in [0.15, 0.2) is 5.17 Å².